The molecule has 1 atom stereocenters. The molecule has 5 heteroatoms. The van der Waals surface area contributed by atoms with E-state index in [0.29, 0.717) is 0 Å². The van der Waals surface area contributed by atoms with Gasteiger partial charge in [-0.1, -0.05) is 6.92 Å². The van der Waals surface area contributed by atoms with Crippen LogP contribution in [0.15, 0.2) is 17.6 Å². The van der Waals surface area contributed by atoms with Crippen LogP contribution < -0.4 is 5.32 Å². The molecule has 0 saturated heterocycles. The molecule has 0 aliphatic rings. The topological polar surface area (TPSA) is 42.7 Å². The normalized spacial score (nSPS) is 12.8. The number of aromatic nitrogens is 3. The van der Waals surface area contributed by atoms with Crippen molar-refractivity contribution < 1.29 is 0 Å². The van der Waals surface area contributed by atoms with Gasteiger partial charge in [-0.25, -0.2) is 4.98 Å². The molecule has 0 spiro atoms. The highest BCUT2D eigenvalue weighted by Crippen LogP contribution is 2.18. The molecule has 0 fully saturated rings. The van der Waals surface area contributed by atoms with Crippen molar-refractivity contribution in [2.24, 2.45) is 7.05 Å². The molecule has 0 radical (unpaired) electrons. The minimum Gasteiger partial charge on any atom is -0.308 e. The molecular weight excluding hydrogens is 244 g/mol. The molecule has 2 heterocycles. The summed E-state index contributed by atoms with van der Waals surface area (Å²) in [5.41, 5.74) is 2.24. The number of aryl methyl sites for hydroxylation is 2. The summed E-state index contributed by atoms with van der Waals surface area (Å²) in [6.45, 7) is 5.23. The zero-order chi connectivity index (χ0) is 13.0. The fourth-order valence-corrected chi connectivity index (χ4v) is 2.56. The molecule has 18 heavy (non-hydrogen) atoms. The van der Waals surface area contributed by atoms with Crippen molar-refractivity contribution in [2.75, 3.05) is 6.54 Å². The molecule has 0 bridgehead atoms. The number of rotatable bonds is 6. The van der Waals surface area contributed by atoms with Gasteiger partial charge in [-0.3, -0.25) is 4.68 Å². The van der Waals surface area contributed by atoms with Gasteiger partial charge >= 0.3 is 0 Å². The van der Waals surface area contributed by atoms with E-state index in [0.717, 1.165) is 35.8 Å². The third-order valence-corrected chi connectivity index (χ3v) is 3.63. The van der Waals surface area contributed by atoms with Gasteiger partial charge in [0.2, 0.25) is 0 Å². The highest BCUT2D eigenvalue weighted by Gasteiger charge is 2.15. The first kappa shape index (κ1) is 13.2. The maximum Gasteiger partial charge on any atom is 0.0897 e. The van der Waals surface area contributed by atoms with Crippen molar-refractivity contribution in [1.29, 1.82) is 0 Å². The van der Waals surface area contributed by atoms with Crippen LogP contribution in [0, 0.1) is 6.92 Å². The Bertz CT molecular complexity index is 489. The summed E-state index contributed by atoms with van der Waals surface area (Å²) in [6.07, 6.45) is 4.02. The van der Waals surface area contributed by atoms with Gasteiger partial charge < -0.3 is 5.32 Å². The Morgan fingerprint density at radius 2 is 2.33 bits per heavy atom. The summed E-state index contributed by atoms with van der Waals surface area (Å²) in [7, 11) is 1.95. The molecule has 4 nitrogen and oxygen atoms in total. The maximum atomic E-state index is 4.53. The van der Waals surface area contributed by atoms with Crippen LogP contribution in [0.1, 0.15) is 35.8 Å². The molecule has 98 valence electrons. The van der Waals surface area contributed by atoms with Crippen molar-refractivity contribution in [1.82, 2.24) is 20.1 Å². The van der Waals surface area contributed by atoms with Gasteiger partial charge in [0, 0.05) is 25.0 Å². The van der Waals surface area contributed by atoms with Crippen molar-refractivity contribution in [3.8, 4) is 0 Å². The average Bonchev–Trinajstić information content (AvgIpc) is 2.93. The van der Waals surface area contributed by atoms with E-state index >= 15 is 0 Å². The second-order valence-corrected chi connectivity index (χ2v) is 5.55. The Labute approximate surface area is 112 Å². The van der Waals surface area contributed by atoms with Crippen LogP contribution >= 0.6 is 11.3 Å². The summed E-state index contributed by atoms with van der Waals surface area (Å²) < 4.78 is 1.85. The maximum absolute atomic E-state index is 4.53. The standard InChI is InChI=1S/C13H20N4S/c1-4-6-14-13(12-5-7-17(3)16-12)8-11-9-18-10(2)15-11/h5,7,9,13-14H,4,6,8H2,1-3H3. The molecule has 2 aromatic heterocycles. The summed E-state index contributed by atoms with van der Waals surface area (Å²) in [4.78, 5) is 4.53. The van der Waals surface area contributed by atoms with Crippen molar-refractivity contribution in [3.63, 3.8) is 0 Å². The summed E-state index contributed by atoms with van der Waals surface area (Å²) in [6, 6.07) is 2.33. The van der Waals surface area contributed by atoms with Crippen LogP contribution in [0.4, 0.5) is 0 Å². The smallest absolute Gasteiger partial charge is 0.0897 e. The molecule has 0 amide bonds. The Morgan fingerprint density at radius 1 is 1.50 bits per heavy atom. The number of nitrogens with one attached hydrogen (secondary N) is 1. The van der Waals surface area contributed by atoms with E-state index in [1.54, 1.807) is 11.3 Å². The van der Waals surface area contributed by atoms with E-state index in [1.807, 2.05) is 24.9 Å². The number of nitrogens with zero attached hydrogens (tertiary/aromatic N) is 3. The minimum absolute atomic E-state index is 0.257. The van der Waals surface area contributed by atoms with Crippen LogP contribution in [0.5, 0.6) is 0 Å². The van der Waals surface area contributed by atoms with Gasteiger partial charge in [0.15, 0.2) is 0 Å². The Kier molecular flexibility index (Phi) is 4.49. The van der Waals surface area contributed by atoms with Crippen molar-refractivity contribution in [2.45, 2.75) is 32.7 Å². The third-order valence-electron chi connectivity index (χ3n) is 2.81. The van der Waals surface area contributed by atoms with Gasteiger partial charge in [0.25, 0.3) is 0 Å². The molecule has 2 aromatic rings. The second kappa shape index (κ2) is 6.11. The van der Waals surface area contributed by atoms with E-state index in [4.69, 9.17) is 0 Å². The van der Waals surface area contributed by atoms with Gasteiger partial charge in [0.1, 0.15) is 0 Å². The van der Waals surface area contributed by atoms with Crippen LogP contribution in [-0.4, -0.2) is 21.3 Å². The zero-order valence-electron chi connectivity index (χ0n) is 11.2. The second-order valence-electron chi connectivity index (χ2n) is 4.48. The predicted molar refractivity (Wildman–Crippen MR) is 74.8 cm³/mol. The molecule has 1 unspecified atom stereocenters. The lowest BCUT2D eigenvalue weighted by molar-refractivity contribution is 0.507. The van der Waals surface area contributed by atoms with Crippen LogP contribution in [0.2, 0.25) is 0 Å². The van der Waals surface area contributed by atoms with Crippen LogP contribution in [-0.2, 0) is 13.5 Å². The first-order chi connectivity index (χ1) is 8.69. The van der Waals surface area contributed by atoms with E-state index in [2.05, 4.69) is 33.8 Å². The van der Waals surface area contributed by atoms with Crippen molar-refractivity contribution in [3.05, 3.63) is 34.0 Å². The average molecular weight is 264 g/mol. The lowest BCUT2D eigenvalue weighted by atomic mass is 10.1. The van der Waals surface area contributed by atoms with Crippen LogP contribution in [0.25, 0.3) is 0 Å². The Hall–Kier alpha value is -1.20. The molecule has 1 N–H and O–H groups in total. The first-order valence-corrected chi connectivity index (χ1v) is 7.21. The van der Waals surface area contributed by atoms with Crippen molar-refractivity contribution >= 4 is 11.3 Å². The summed E-state index contributed by atoms with van der Waals surface area (Å²) in [5.74, 6) is 0. The van der Waals surface area contributed by atoms with Gasteiger partial charge in [0.05, 0.1) is 22.4 Å². The van der Waals surface area contributed by atoms with Gasteiger partial charge in [-0.2, -0.15) is 5.10 Å². The quantitative estimate of drug-likeness (QED) is 0.871. The summed E-state index contributed by atoms with van der Waals surface area (Å²) >= 11 is 1.71. The molecule has 0 saturated carbocycles. The van der Waals surface area contributed by atoms with E-state index in [1.165, 1.54) is 0 Å². The largest absolute Gasteiger partial charge is 0.308 e. The predicted octanol–water partition coefficient (Wildman–Crippen LogP) is 2.47. The lowest BCUT2D eigenvalue weighted by Crippen LogP contribution is -2.24. The Morgan fingerprint density at radius 3 is 2.89 bits per heavy atom. The molecule has 0 aromatic carbocycles. The molecule has 0 aliphatic heterocycles. The molecule has 0 aliphatic carbocycles. The fraction of sp³-hybridized carbons (Fsp3) is 0.538. The lowest BCUT2D eigenvalue weighted by Gasteiger charge is -2.15. The SMILES string of the molecule is CCCNC(Cc1csc(C)n1)c1ccn(C)n1. The third kappa shape index (κ3) is 3.40. The van der Waals surface area contributed by atoms with E-state index in [9.17, 15) is 0 Å². The van der Waals surface area contributed by atoms with Gasteiger partial charge in [-0.15, -0.1) is 11.3 Å². The fourth-order valence-electron chi connectivity index (χ4n) is 1.93. The molecular formula is C13H20N4S. The monoisotopic (exact) mass is 264 g/mol. The van der Waals surface area contributed by atoms with Crippen LogP contribution in [0.3, 0.4) is 0 Å². The molecule has 2 rings (SSSR count). The summed E-state index contributed by atoms with van der Waals surface area (Å²) in [5, 5.41) is 11.3. The zero-order valence-corrected chi connectivity index (χ0v) is 12.0. The van der Waals surface area contributed by atoms with Gasteiger partial charge in [-0.05, 0) is 26.0 Å². The highest BCUT2D eigenvalue weighted by molar-refractivity contribution is 7.09. The Balaban J connectivity index is 2.09. The number of thiazole rings is 1. The first-order valence-electron chi connectivity index (χ1n) is 6.33. The van der Waals surface area contributed by atoms with E-state index < -0.39 is 0 Å². The van der Waals surface area contributed by atoms with E-state index in [-0.39, 0.29) is 6.04 Å². The number of hydrogen-bond acceptors (Lipinski definition) is 4. The number of hydrogen-bond donors (Lipinski definition) is 1. The minimum atomic E-state index is 0.257. The highest BCUT2D eigenvalue weighted by atomic mass is 32.1.